The van der Waals surface area contributed by atoms with Gasteiger partial charge in [0, 0.05) is 6.54 Å². The highest BCUT2D eigenvalue weighted by molar-refractivity contribution is 4.66. The minimum Gasteiger partial charge on any atom is -0.389 e. The van der Waals surface area contributed by atoms with Crippen molar-refractivity contribution in [2.24, 2.45) is 0 Å². The third-order valence-electron chi connectivity index (χ3n) is 2.36. The molecule has 3 nitrogen and oxygen atoms in total. The maximum atomic E-state index is 10.3. The van der Waals surface area contributed by atoms with Gasteiger partial charge >= 0.3 is 0 Å². The van der Waals surface area contributed by atoms with Crippen LogP contribution in [-0.4, -0.2) is 42.4 Å². The SMILES string of the molecule is [O]C[C@H](O)CN1CCCCCC1. The van der Waals surface area contributed by atoms with Crippen LogP contribution in [-0.2, 0) is 5.11 Å². The lowest BCUT2D eigenvalue weighted by Gasteiger charge is -2.21. The fourth-order valence-electron chi connectivity index (χ4n) is 1.67. The van der Waals surface area contributed by atoms with Crippen LogP contribution in [0, 0.1) is 0 Å². The molecule has 1 aliphatic heterocycles. The molecule has 0 aromatic rings. The van der Waals surface area contributed by atoms with Crippen LogP contribution in [0.2, 0.25) is 0 Å². The molecular formula is C9H18NO2. The van der Waals surface area contributed by atoms with E-state index in [9.17, 15) is 5.11 Å². The fourth-order valence-corrected chi connectivity index (χ4v) is 1.67. The number of hydrogen-bond acceptors (Lipinski definition) is 2. The van der Waals surface area contributed by atoms with E-state index in [0.717, 1.165) is 13.1 Å². The minimum atomic E-state index is -0.664. The van der Waals surface area contributed by atoms with Crippen LogP contribution in [0.3, 0.4) is 0 Å². The monoisotopic (exact) mass is 172 g/mol. The molecule has 1 heterocycles. The number of β-amino-alcohol motifs (C(OH)–C–C–N with tert-alkyl or cyclic N) is 1. The summed E-state index contributed by atoms with van der Waals surface area (Å²) in [6.45, 7) is 2.31. The van der Waals surface area contributed by atoms with Crippen LogP contribution >= 0.6 is 0 Å². The van der Waals surface area contributed by atoms with Gasteiger partial charge in [0.1, 0.15) is 6.61 Å². The Balaban J connectivity index is 2.20. The second kappa shape index (κ2) is 5.51. The highest BCUT2D eigenvalue weighted by Crippen LogP contribution is 2.09. The highest BCUT2D eigenvalue weighted by atomic mass is 16.3. The Hall–Kier alpha value is -0.120. The van der Waals surface area contributed by atoms with Gasteiger partial charge in [-0.05, 0) is 25.9 Å². The molecule has 0 aromatic carbocycles. The maximum Gasteiger partial charge on any atom is 0.109 e. The van der Waals surface area contributed by atoms with Crippen molar-refractivity contribution in [3.8, 4) is 0 Å². The standard InChI is InChI=1S/C9H18NO2/c11-8-9(12)7-10-5-3-1-2-4-6-10/h9,12H,1-8H2/t9-/m1/s1. The van der Waals surface area contributed by atoms with Crippen LogP contribution in [0.15, 0.2) is 0 Å². The van der Waals surface area contributed by atoms with E-state index in [1.807, 2.05) is 0 Å². The van der Waals surface area contributed by atoms with E-state index >= 15 is 0 Å². The number of hydrogen-bond donors (Lipinski definition) is 1. The van der Waals surface area contributed by atoms with Crippen LogP contribution < -0.4 is 0 Å². The lowest BCUT2D eigenvalue weighted by molar-refractivity contribution is 0.0304. The van der Waals surface area contributed by atoms with Crippen molar-refractivity contribution in [2.45, 2.75) is 31.8 Å². The van der Waals surface area contributed by atoms with Crippen molar-refractivity contribution in [1.29, 1.82) is 0 Å². The zero-order valence-corrected chi connectivity index (χ0v) is 7.54. The Morgan fingerprint density at radius 1 is 1.17 bits per heavy atom. The van der Waals surface area contributed by atoms with Crippen LogP contribution in [0.25, 0.3) is 0 Å². The summed E-state index contributed by atoms with van der Waals surface area (Å²) in [5.74, 6) is 0. The molecule has 1 atom stereocenters. The summed E-state index contributed by atoms with van der Waals surface area (Å²) in [7, 11) is 0. The molecule has 0 aliphatic carbocycles. The van der Waals surface area contributed by atoms with Gasteiger partial charge in [-0.3, -0.25) is 0 Å². The first-order valence-corrected chi connectivity index (χ1v) is 4.81. The Bertz CT molecular complexity index is 111. The van der Waals surface area contributed by atoms with Gasteiger partial charge in [0.25, 0.3) is 0 Å². The summed E-state index contributed by atoms with van der Waals surface area (Å²) in [5, 5.41) is 19.5. The molecule has 1 saturated heterocycles. The van der Waals surface area contributed by atoms with E-state index in [-0.39, 0.29) is 6.61 Å². The van der Waals surface area contributed by atoms with Crippen molar-refractivity contribution < 1.29 is 10.2 Å². The summed E-state index contributed by atoms with van der Waals surface area (Å²) in [6.07, 6.45) is 4.36. The van der Waals surface area contributed by atoms with Crippen LogP contribution in [0.1, 0.15) is 25.7 Å². The quantitative estimate of drug-likeness (QED) is 0.679. The van der Waals surface area contributed by atoms with Crippen molar-refractivity contribution in [1.82, 2.24) is 4.90 Å². The van der Waals surface area contributed by atoms with Crippen LogP contribution in [0.5, 0.6) is 0 Å². The van der Waals surface area contributed by atoms with Gasteiger partial charge in [-0.1, -0.05) is 12.8 Å². The second-order valence-corrected chi connectivity index (χ2v) is 3.54. The summed E-state index contributed by atoms with van der Waals surface area (Å²) in [4.78, 5) is 2.20. The van der Waals surface area contributed by atoms with Gasteiger partial charge in [0.05, 0.1) is 6.10 Å². The molecule has 0 aromatic heterocycles. The van der Waals surface area contributed by atoms with E-state index in [1.54, 1.807) is 0 Å². The van der Waals surface area contributed by atoms with Gasteiger partial charge in [0.2, 0.25) is 0 Å². The lowest BCUT2D eigenvalue weighted by atomic mass is 10.2. The molecule has 0 spiro atoms. The molecule has 71 valence electrons. The highest BCUT2D eigenvalue weighted by Gasteiger charge is 2.12. The number of likely N-dealkylation sites (tertiary alicyclic amines) is 1. The molecule has 0 saturated carbocycles. The maximum absolute atomic E-state index is 10.3. The van der Waals surface area contributed by atoms with E-state index in [0.29, 0.717) is 6.54 Å². The molecule has 1 fully saturated rings. The summed E-state index contributed by atoms with van der Waals surface area (Å²) >= 11 is 0. The Kier molecular flexibility index (Phi) is 4.58. The Labute approximate surface area is 74.0 Å². The first-order chi connectivity index (χ1) is 5.83. The van der Waals surface area contributed by atoms with Crippen molar-refractivity contribution in [2.75, 3.05) is 26.2 Å². The molecular weight excluding hydrogens is 154 g/mol. The first kappa shape index (κ1) is 9.96. The Morgan fingerprint density at radius 3 is 2.25 bits per heavy atom. The van der Waals surface area contributed by atoms with Gasteiger partial charge in [-0.25, -0.2) is 5.11 Å². The molecule has 3 heteroatoms. The zero-order valence-electron chi connectivity index (χ0n) is 7.54. The van der Waals surface area contributed by atoms with E-state index < -0.39 is 6.10 Å². The third-order valence-corrected chi connectivity index (χ3v) is 2.36. The molecule has 1 rings (SSSR count). The molecule has 1 radical (unpaired) electrons. The van der Waals surface area contributed by atoms with Crippen molar-refractivity contribution in [3.63, 3.8) is 0 Å². The van der Waals surface area contributed by atoms with Gasteiger partial charge in [0.15, 0.2) is 0 Å². The van der Waals surface area contributed by atoms with Crippen LogP contribution in [0.4, 0.5) is 0 Å². The average Bonchev–Trinajstić information content (AvgIpc) is 2.33. The van der Waals surface area contributed by atoms with Gasteiger partial charge < -0.3 is 10.0 Å². The molecule has 1 N–H and O–H groups in total. The van der Waals surface area contributed by atoms with Crippen molar-refractivity contribution >= 4 is 0 Å². The number of rotatable bonds is 3. The summed E-state index contributed by atoms with van der Waals surface area (Å²) in [6, 6.07) is 0. The van der Waals surface area contributed by atoms with E-state index in [4.69, 9.17) is 5.11 Å². The predicted molar refractivity (Wildman–Crippen MR) is 46.5 cm³/mol. The van der Waals surface area contributed by atoms with Gasteiger partial charge in [-0.15, -0.1) is 0 Å². The summed E-state index contributed by atoms with van der Waals surface area (Å²) in [5.41, 5.74) is 0. The number of nitrogens with zero attached hydrogens (tertiary/aromatic N) is 1. The molecule has 0 bridgehead atoms. The summed E-state index contributed by atoms with van der Waals surface area (Å²) < 4.78 is 0. The molecule has 12 heavy (non-hydrogen) atoms. The topological polar surface area (TPSA) is 43.4 Å². The second-order valence-electron chi connectivity index (χ2n) is 3.54. The lowest BCUT2D eigenvalue weighted by Crippen LogP contribution is -2.34. The molecule has 1 aliphatic rings. The minimum absolute atomic E-state index is 0.365. The predicted octanol–water partition coefficient (Wildman–Crippen LogP) is 0.654. The van der Waals surface area contributed by atoms with Gasteiger partial charge in [-0.2, -0.15) is 0 Å². The fraction of sp³-hybridized carbons (Fsp3) is 1.00. The first-order valence-electron chi connectivity index (χ1n) is 4.81. The average molecular weight is 172 g/mol. The third kappa shape index (κ3) is 3.52. The number of aliphatic hydroxyl groups is 1. The van der Waals surface area contributed by atoms with E-state index in [2.05, 4.69) is 4.90 Å². The smallest absolute Gasteiger partial charge is 0.109 e. The molecule has 0 unspecified atom stereocenters. The Morgan fingerprint density at radius 2 is 1.75 bits per heavy atom. The molecule has 0 amide bonds. The zero-order chi connectivity index (χ0) is 8.81. The normalized spacial score (nSPS) is 23.5. The van der Waals surface area contributed by atoms with E-state index in [1.165, 1.54) is 25.7 Å². The van der Waals surface area contributed by atoms with Crippen molar-refractivity contribution in [3.05, 3.63) is 0 Å². The largest absolute Gasteiger partial charge is 0.389 e. The number of aliphatic hydroxyl groups excluding tert-OH is 1.